The Labute approximate surface area is 146 Å². The van der Waals surface area contributed by atoms with Crippen LogP contribution in [-0.4, -0.2) is 35.3 Å². The van der Waals surface area contributed by atoms with E-state index in [0.717, 1.165) is 24.7 Å². The van der Waals surface area contributed by atoms with E-state index in [0.29, 0.717) is 23.5 Å². The molecule has 0 unspecified atom stereocenters. The number of ether oxygens (including phenoxy) is 1. The van der Waals surface area contributed by atoms with Crippen molar-refractivity contribution in [1.29, 1.82) is 0 Å². The summed E-state index contributed by atoms with van der Waals surface area (Å²) in [5.74, 6) is 2.60. The summed E-state index contributed by atoms with van der Waals surface area (Å²) in [6.07, 6.45) is 5.25. The van der Waals surface area contributed by atoms with Crippen LogP contribution in [0.3, 0.4) is 0 Å². The first kappa shape index (κ1) is 16.5. The van der Waals surface area contributed by atoms with Gasteiger partial charge in [-0.05, 0) is 43.6 Å². The Kier molecular flexibility index (Phi) is 5.47. The average molecular weight is 347 g/mol. The molecule has 2 N–H and O–H groups in total. The van der Waals surface area contributed by atoms with E-state index in [1.807, 2.05) is 18.2 Å². The van der Waals surface area contributed by atoms with Gasteiger partial charge in [0.15, 0.2) is 5.11 Å². The highest BCUT2D eigenvalue weighted by atomic mass is 32.1. The molecule has 0 atom stereocenters. The Morgan fingerprint density at radius 2 is 2.17 bits per heavy atom. The Morgan fingerprint density at radius 3 is 2.88 bits per heavy atom. The normalized spacial score (nSPS) is 14.3. The molecule has 0 aromatic carbocycles. The van der Waals surface area contributed by atoms with Crippen molar-refractivity contribution in [2.24, 2.45) is 0 Å². The molecule has 0 saturated carbocycles. The van der Waals surface area contributed by atoms with Crippen LogP contribution >= 0.6 is 12.2 Å². The summed E-state index contributed by atoms with van der Waals surface area (Å²) in [5, 5.41) is 6.50. The topological polar surface area (TPSA) is 75.5 Å². The maximum absolute atomic E-state index is 5.29. The first-order valence-electron chi connectivity index (χ1n) is 8.00. The Balaban J connectivity index is 1.66. The highest BCUT2D eigenvalue weighted by Crippen LogP contribution is 2.22. The fourth-order valence-corrected chi connectivity index (χ4v) is 2.75. The molecule has 0 amide bonds. The van der Waals surface area contributed by atoms with Crippen LogP contribution in [0, 0.1) is 0 Å². The third kappa shape index (κ3) is 4.35. The van der Waals surface area contributed by atoms with Gasteiger partial charge < -0.3 is 24.7 Å². The van der Waals surface area contributed by atoms with Gasteiger partial charge in [0.05, 0.1) is 19.9 Å². The van der Waals surface area contributed by atoms with Crippen LogP contribution in [0.15, 0.2) is 28.9 Å². The van der Waals surface area contributed by atoms with Gasteiger partial charge in [0.25, 0.3) is 0 Å². The molecule has 1 aliphatic heterocycles. The van der Waals surface area contributed by atoms with Crippen LogP contribution < -0.4 is 20.3 Å². The lowest BCUT2D eigenvalue weighted by atomic mass is 10.1. The molecule has 7 nitrogen and oxygen atoms in total. The predicted molar refractivity (Wildman–Crippen MR) is 96.4 cm³/mol. The highest BCUT2D eigenvalue weighted by molar-refractivity contribution is 7.80. The van der Waals surface area contributed by atoms with Crippen molar-refractivity contribution in [3.05, 3.63) is 30.2 Å². The molecule has 0 radical (unpaired) electrons. The van der Waals surface area contributed by atoms with Crippen LogP contribution in [0.4, 0.5) is 11.8 Å². The van der Waals surface area contributed by atoms with Crippen molar-refractivity contribution in [2.75, 3.05) is 30.4 Å². The molecule has 2 aromatic rings. The molecular weight excluding hydrogens is 326 g/mol. The number of nitrogens with one attached hydrogen (secondary N) is 2. The second kappa shape index (κ2) is 7.96. The zero-order valence-electron chi connectivity index (χ0n) is 13.6. The number of anilines is 2. The van der Waals surface area contributed by atoms with E-state index in [2.05, 4.69) is 25.5 Å². The van der Waals surface area contributed by atoms with E-state index in [1.54, 1.807) is 13.4 Å². The smallest absolute Gasteiger partial charge is 0.234 e. The number of aromatic nitrogens is 2. The molecule has 24 heavy (non-hydrogen) atoms. The first-order valence-corrected chi connectivity index (χ1v) is 8.40. The molecule has 2 aromatic heterocycles. The molecule has 128 valence electrons. The lowest BCUT2D eigenvalue weighted by molar-refractivity contribution is 0.397. The minimum atomic E-state index is 0.423. The van der Waals surface area contributed by atoms with E-state index >= 15 is 0 Å². The van der Waals surface area contributed by atoms with Crippen molar-refractivity contribution in [3.63, 3.8) is 0 Å². The molecule has 8 heteroatoms. The van der Waals surface area contributed by atoms with E-state index in [4.69, 9.17) is 21.4 Å². The third-order valence-electron chi connectivity index (χ3n) is 3.81. The summed E-state index contributed by atoms with van der Waals surface area (Å²) in [7, 11) is 1.60. The third-order valence-corrected chi connectivity index (χ3v) is 4.05. The van der Waals surface area contributed by atoms with E-state index in [9.17, 15) is 0 Å². The van der Waals surface area contributed by atoms with Gasteiger partial charge >= 0.3 is 0 Å². The number of piperidine rings is 1. The predicted octanol–water partition coefficient (Wildman–Crippen LogP) is 2.56. The maximum atomic E-state index is 5.29. The Bertz CT molecular complexity index is 671. The lowest BCUT2D eigenvalue weighted by Gasteiger charge is -2.28. The minimum Gasteiger partial charge on any atom is -0.481 e. The van der Waals surface area contributed by atoms with Gasteiger partial charge in [0, 0.05) is 19.2 Å². The Hall–Kier alpha value is -2.35. The van der Waals surface area contributed by atoms with E-state index in [1.165, 1.54) is 19.3 Å². The highest BCUT2D eigenvalue weighted by Gasteiger charge is 2.15. The zero-order valence-corrected chi connectivity index (χ0v) is 14.4. The fourth-order valence-electron chi connectivity index (χ4n) is 2.58. The number of thiocarbonyl (C=S) groups is 1. The monoisotopic (exact) mass is 347 g/mol. The molecule has 0 bridgehead atoms. The van der Waals surface area contributed by atoms with Crippen molar-refractivity contribution < 1.29 is 9.15 Å². The largest absolute Gasteiger partial charge is 0.481 e. The standard InChI is InChI=1S/C16H21N5O2S/c1-22-14-10-13(21-7-3-2-4-8-21)18-15(19-14)20-16(24)17-11-12-6-5-9-23-12/h5-6,9-10H,2-4,7-8,11H2,1H3,(H2,17,18,19,20,24). The summed E-state index contributed by atoms with van der Waals surface area (Å²) in [6, 6.07) is 5.57. The number of rotatable bonds is 5. The quantitative estimate of drug-likeness (QED) is 0.799. The zero-order chi connectivity index (χ0) is 16.8. The van der Waals surface area contributed by atoms with Crippen molar-refractivity contribution in [3.8, 4) is 5.88 Å². The van der Waals surface area contributed by atoms with E-state index in [-0.39, 0.29) is 0 Å². The van der Waals surface area contributed by atoms with Crippen molar-refractivity contribution in [1.82, 2.24) is 15.3 Å². The van der Waals surface area contributed by atoms with Gasteiger partial charge in [-0.1, -0.05) is 0 Å². The SMILES string of the molecule is COc1cc(N2CCCCC2)nc(NC(=S)NCc2ccco2)n1. The molecular formula is C16H21N5O2S. The molecule has 1 saturated heterocycles. The van der Waals surface area contributed by atoms with Gasteiger partial charge in [-0.15, -0.1) is 0 Å². The van der Waals surface area contributed by atoms with Crippen molar-refractivity contribution >= 4 is 29.1 Å². The molecule has 1 fully saturated rings. The van der Waals surface area contributed by atoms with Gasteiger partial charge in [-0.25, -0.2) is 0 Å². The van der Waals surface area contributed by atoms with Gasteiger partial charge in [-0.2, -0.15) is 9.97 Å². The second-order valence-electron chi connectivity index (χ2n) is 5.53. The summed E-state index contributed by atoms with van der Waals surface area (Å²) in [6.45, 7) is 2.50. The summed E-state index contributed by atoms with van der Waals surface area (Å²) < 4.78 is 10.6. The van der Waals surface area contributed by atoms with Crippen LogP contribution in [0.1, 0.15) is 25.0 Å². The molecule has 3 rings (SSSR count). The van der Waals surface area contributed by atoms with Crippen LogP contribution in [0.5, 0.6) is 5.88 Å². The maximum Gasteiger partial charge on any atom is 0.234 e. The Morgan fingerprint density at radius 1 is 1.33 bits per heavy atom. The second-order valence-corrected chi connectivity index (χ2v) is 5.94. The van der Waals surface area contributed by atoms with Crippen molar-refractivity contribution in [2.45, 2.75) is 25.8 Å². The van der Waals surface area contributed by atoms with Crippen LogP contribution in [-0.2, 0) is 6.54 Å². The van der Waals surface area contributed by atoms with Crippen LogP contribution in [0.2, 0.25) is 0 Å². The molecule has 3 heterocycles. The van der Waals surface area contributed by atoms with Gasteiger partial charge in [-0.3, -0.25) is 0 Å². The summed E-state index contributed by atoms with van der Waals surface area (Å²) in [4.78, 5) is 11.1. The van der Waals surface area contributed by atoms with Crippen LogP contribution in [0.25, 0.3) is 0 Å². The average Bonchev–Trinajstić information content (AvgIpc) is 3.14. The minimum absolute atomic E-state index is 0.423. The number of hydrogen-bond donors (Lipinski definition) is 2. The summed E-state index contributed by atoms with van der Waals surface area (Å²) >= 11 is 5.29. The fraction of sp³-hybridized carbons (Fsp3) is 0.438. The van der Waals surface area contributed by atoms with Gasteiger partial charge in [0.2, 0.25) is 11.8 Å². The molecule has 0 aliphatic carbocycles. The molecule has 0 spiro atoms. The first-order chi connectivity index (χ1) is 11.7. The number of nitrogens with zero attached hydrogens (tertiary/aromatic N) is 3. The summed E-state index contributed by atoms with van der Waals surface area (Å²) in [5.41, 5.74) is 0. The van der Waals surface area contributed by atoms with Gasteiger partial charge in [0.1, 0.15) is 11.6 Å². The molecule has 1 aliphatic rings. The number of hydrogen-bond acceptors (Lipinski definition) is 6. The number of furan rings is 1. The van der Waals surface area contributed by atoms with E-state index < -0.39 is 0 Å². The lowest BCUT2D eigenvalue weighted by Crippen LogP contribution is -2.31. The number of methoxy groups -OCH3 is 1.